The van der Waals surface area contributed by atoms with Gasteiger partial charge >= 0.3 is 0 Å². The van der Waals surface area contributed by atoms with Gasteiger partial charge in [0, 0.05) is 20.0 Å². The first-order valence-electron chi connectivity index (χ1n) is 4.07. The zero-order chi connectivity index (χ0) is 8.43. The Morgan fingerprint density at radius 2 is 1.73 bits per heavy atom. The molecule has 1 fully saturated rings. The highest BCUT2D eigenvalue weighted by Gasteiger charge is 2.34. The molecule has 0 amide bonds. The van der Waals surface area contributed by atoms with Gasteiger partial charge in [0.05, 0.1) is 6.10 Å². The number of ether oxygens (including phenoxy) is 1. The van der Waals surface area contributed by atoms with Crippen molar-refractivity contribution in [3.8, 4) is 0 Å². The van der Waals surface area contributed by atoms with Crippen LogP contribution in [0.25, 0.3) is 0 Å². The highest BCUT2D eigenvalue weighted by Crippen LogP contribution is 2.26. The van der Waals surface area contributed by atoms with E-state index in [4.69, 9.17) is 4.74 Å². The Morgan fingerprint density at radius 1 is 1.27 bits per heavy atom. The minimum Gasteiger partial charge on any atom is -0.616 e. The normalized spacial score (nSPS) is 45.8. The van der Waals surface area contributed by atoms with E-state index in [-0.39, 0.29) is 0 Å². The molecule has 11 heavy (non-hydrogen) atoms. The van der Waals surface area contributed by atoms with Crippen LogP contribution in [0.5, 0.6) is 0 Å². The van der Waals surface area contributed by atoms with E-state index in [1.165, 1.54) is 0 Å². The lowest BCUT2D eigenvalue weighted by Crippen LogP contribution is -2.40. The van der Waals surface area contributed by atoms with Crippen LogP contribution < -0.4 is 0 Å². The molecular weight excluding hydrogens is 160 g/mol. The lowest BCUT2D eigenvalue weighted by atomic mass is 10.1. The molecule has 3 heteroatoms. The summed E-state index contributed by atoms with van der Waals surface area (Å²) in [6, 6.07) is 0. The average Bonchev–Trinajstić information content (AvgIpc) is 1.99. The van der Waals surface area contributed by atoms with E-state index in [0.717, 1.165) is 12.8 Å². The van der Waals surface area contributed by atoms with E-state index in [1.54, 1.807) is 7.11 Å². The Hall–Kier alpha value is 0.270. The largest absolute Gasteiger partial charge is 0.616 e. The third-order valence-electron chi connectivity index (χ3n) is 2.32. The van der Waals surface area contributed by atoms with Crippen LogP contribution >= 0.6 is 0 Å². The van der Waals surface area contributed by atoms with Gasteiger partial charge < -0.3 is 9.29 Å². The molecule has 1 heterocycles. The van der Waals surface area contributed by atoms with Gasteiger partial charge in [-0.05, 0) is 25.0 Å². The first kappa shape index (κ1) is 9.36. The van der Waals surface area contributed by atoms with E-state index in [9.17, 15) is 4.55 Å². The number of hydrogen-bond donors (Lipinski definition) is 0. The Balaban J connectivity index is 2.47. The molecule has 2 nitrogen and oxygen atoms in total. The molecule has 1 rings (SSSR count). The predicted molar refractivity (Wildman–Crippen MR) is 47.1 cm³/mol. The standard InChI is InChI=1S/C8H16O2S/c1-6-4-8(10-3)5-7(2)11(6)9/h6-8H,4-5H2,1-3H3. The summed E-state index contributed by atoms with van der Waals surface area (Å²) in [5, 5.41) is 0.618. The first-order valence-corrected chi connectivity index (χ1v) is 5.35. The lowest BCUT2D eigenvalue weighted by Gasteiger charge is -2.33. The Labute approximate surface area is 71.5 Å². The van der Waals surface area contributed by atoms with Crippen molar-refractivity contribution in [1.29, 1.82) is 0 Å². The zero-order valence-corrected chi connectivity index (χ0v) is 8.19. The van der Waals surface area contributed by atoms with Crippen LogP contribution in [-0.2, 0) is 15.9 Å². The van der Waals surface area contributed by atoms with Crippen LogP contribution in [0.15, 0.2) is 0 Å². The van der Waals surface area contributed by atoms with E-state index < -0.39 is 11.2 Å². The fraction of sp³-hybridized carbons (Fsp3) is 1.00. The minimum absolute atomic E-state index is 0.309. The van der Waals surface area contributed by atoms with Crippen molar-refractivity contribution >= 4 is 11.2 Å². The summed E-state index contributed by atoms with van der Waals surface area (Å²) >= 11 is -0.632. The van der Waals surface area contributed by atoms with Crippen molar-refractivity contribution in [2.45, 2.75) is 43.3 Å². The van der Waals surface area contributed by atoms with Gasteiger partial charge in [-0.1, -0.05) is 0 Å². The van der Waals surface area contributed by atoms with Crippen molar-refractivity contribution in [2.75, 3.05) is 7.11 Å². The van der Waals surface area contributed by atoms with Crippen LogP contribution in [0.3, 0.4) is 0 Å². The molecule has 0 N–H and O–H groups in total. The summed E-state index contributed by atoms with van der Waals surface area (Å²) in [6.45, 7) is 4.08. The molecule has 2 atom stereocenters. The molecule has 2 unspecified atom stereocenters. The molecule has 0 aromatic rings. The Morgan fingerprint density at radius 3 is 2.09 bits per heavy atom. The van der Waals surface area contributed by atoms with E-state index in [1.807, 2.05) is 13.8 Å². The number of hydrogen-bond acceptors (Lipinski definition) is 2. The molecule has 0 saturated carbocycles. The smallest absolute Gasteiger partial charge is 0.115 e. The third kappa shape index (κ3) is 2.10. The van der Waals surface area contributed by atoms with Gasteiger partial charge in [-0.2, -0.15) is 0 Å². The maximum atomic E-state index is 11.4. The fourth-order valence-electron chi connectivity index (χ4n) is 1.62. The van der Waals surface area contributed by atoms with Crippen LogP contribution in [0.1, 0.15) is 26.7 Å². The summed E-state index contributed by atoms with van der Waals surface area (Å²) in [5.74, 6) is 0. The SMILES string of the molecule is COC1CC(C)[S+]([O-])C(C)C1. The van der Waals surface area contributed by atoms with Gasteiger partial charge in [0.2, 0.25) is 0 Å². The Bertz CT molecular complexity index is 117. The molecule has 66 valence electrons. The van der Waals surface area contributed by atoms with Gasteiger partial charge in [-0.15, -0.1) is 0 Å². The van der Waals surface area contributed by atoms with Crippen molar-refractivity contribution in [3.05, 3.63) is 0 Å². The maximum absolute atomic E-state index is 11.4. The van der Waals surface area contributed by atoms with Crippen molar-refractivity contribution in [3.63, 3.8) is 0 Å². The summed E-state index contributed by atoms with van der Waals surface area (Å²) in [7, 11) is 1.73. The zero-order valence-electron chi connectivity index (χ0n) is 7.37. The summed E-state index contributed by atoms with van der Waals surface area (Å²) in [4.78, 5) is 0. The van der Waals surface area contributed by atoms with Gasteiger partial charge in [-0.3, -0.25) is 0 Å². The highest BCUT2D eigenvalue weighted by molar-refractivity contribution is 7.92. The average molecular weight is 176 g/mol. The molecule has 1 aliphatic heterocycles. The van der Waals surface area contributed by atoms with Gasteiger partial charge in [-0.25, -0.2) is 0 Å². The van der Waals surface area contributed by atoms with Crippen LogP contribution in [-0.4, -0.2) is 28.3 Å². The third-order valence-corrected chi connectivity index (χ3v) is 4.29. The van der Waals surface area contributed by atoms with Gasteiger partial charge in [0.15, 0.2) is 0 Å². The van der Waals surface area contributed by atoms with Crippen LogP contribution in [0.2, 0.25) is 0 Å². The molecule has 1 saturated heterocycles. The molecule has 0 aromatic heterocycles. The van der Waals surface area contributed by atoms with Gasteiger partial charge in [0.1, 0.15) is 10.5 Å². The molecule has 1 aliphatic rings. The Kier molecular flexibility index (Phi) is 3.22. The highest BCUT2D eigenvalue weighted by atomic mass is 32.2. The molecule has 0 radical (unpaired) electrons. The number of rotatable bonds is 1. The van der Waals surface area contributed by atoms with E-state index in [2.05, 4.69) is 0 Å². The quantitative estimate of drug-likeness (QED) is 0.564. The van der Waals surface area contributed by atoms with Crippen molar-refractivity contribution in [1.82, 2.24) is 0 Å². The topological polar surface area (TPSA) is 32.3 Å². The van der Waals surface area contributed by atoms with Crippen LogP contribution in [0, 0.1) is 0 Å². The van der Waals surface area contributed by atoms with E-state index in [0.29, 0.717) is 16.6 Å². The lowest BCUT2D eigenvalue weighted by molar-refractivity contribution is 0.0832. The maximum Gasteiger partial charge on any atom is 0.115 e. The molecule has 0 aromatic carbocycles. The van der Waals surface area contributed by atoms with Crippen LogP contribution in [0.4, 0.5) is 0 Å². The monoisotopic (exact) mass is 176 g/mol. The molecule has 0 bridgehead atoms. The summed E-state index contributed by atoms with van der Waals surface area (Å²) < 4.78 is 16.7. The molecular formula is C8H16O2S. The second-order valence-corrected chi connectivity index (χ2v) is 5.55. The van der Waals surface area contributed by atoms with Crippen molar-refractivity contribution < 1.29 is 9.29 Å². The second kappa shape index (κ2) is 3.78. The van der Waals surface area contributed by atoms with E-state index >= 15 is 0 Å². The van der Waals surface area contributed by atoms with Crippen molar-refractivity contribution in [2.24, 2.45) is 0 Å². The molecule has 0 spiro atoms. The minimum atomic E-state index is -0.632. The summed E-state index contributed by atoms with van der Waals surface area (Å²) in [6.07, 6.45) is 2.23. The fourth-order valence-corrected chi connectivity index (χ4v) is 3.22. The van der Waals surface area contributed by atoms with Gasteiger partial charge in [0.25, 0.3) is 0 Å². The molecule has 0 aliphatic carbocycles. The predicted octanol–water partition coefficient (Wildman–Crippen LogP) is 1.32. The first-order chi connectivity index (χ1) is 5.15. The second-order valence-electron chi connectivity index (χ2n) is 3.28. The number of methoxy groups -OCH3 is 1. The summed E-state index contributed by atoms with van der Waals surface area (Å²) in [5.41, 5.74) is 0.